The average Bonchev–Trinajstić information content (AvgIpc) is 2.59. The third kappa shape index (κ3) is 2.87. The Labute approximate surface area is 139 Å². The van der Waals surface area contributed by atoms with Gasteiger partial charge < -0.3 is 11.1 Å². The summed E-state index contributed by atoms with van der Waals surface area (Å²) in [7, 11) is 0. The van der Waals surface area contributed by atoms with E-state index >= 15 is 0 Å². The number of hydrogen-bond donors (Lipinski definition) is 2. The number of nitriles is 1. The summed E-state index contributed by atoms with van der Waals surface area (Å²) in [6, 6.07) is 17.7. The van der Waals surface area contributed by atoms with Gasteiger partial charge in [0.15, 0.2) is 0 Å². The van der Waals surface area contributed by atoms with E-state index in [0.717, 1.165) is 20.9 Å². The van der Waals surface area contributed by atoms with Crippen LogP contribution in [0.4, 0.5) is 0 Å². The van der Waals surface area contributed by atoms with Gasteiger partial charge in [0.25, 0.3) is 5.91 Å². The van der Waals surface area contributed by atoms with E-state index in [1.54, 1.807) is 11.8 Å². The van der Waals surface area contributed by atoms with Crippen LogP contribution in [-0.2, 0) is 4.79 Å². The lowest BCUT2D eigenvalue weighted by Crippen LogP contribution is -2.30. The molecule has 0 radical (unpaired) electrons. The highest BCUT2D eigenvalue weighted by Gasteiger charge is 2.26. The van der Waals surface area contributed by atoms with Crippen molar-refractivity contribution in [2.45, 2.75) is 9.79 Å². The molecular formula is C18H15N3OS. The molecule has 2 aromatic rings. The predicted octanol–water partition coefficient (Wildman–Crippen LogP) is 2.55. The van der Waals surface area contributed by atoms with Gasteiger partial charge in [0.1, 0.15) is 11.6 Å². The van der Waals surface area contributed by atoms with Crippen LogP contribution in [0.2, 0.25) is 0 Å². The zero-order chi connectivity index (χ0) is 16.2. The van der Waals surface area contributed by atoms with Gasteiger partial charge in [-0.1, -0.05) is 48.2 Å². The molecule has 0 spiro atoms. The molecule has 2 aromatic carbocycles. The molecule has 4 nitrogen and oxygen atoms in total. The molecule has 0 saturated carbocycles. The molecule has 1 amide bonds. The van der Waals surface area contributed by atoms with E-state index in [2.05, 4.69) is 11.4 Å². The largest absolute Gasteiger partial charge is 0.350 e. The summed E-state index contributed by atoms with van der Waals surface area (Å²) in [6.07, 6.45) is 0. The van der Waals surface area contributed by atoms with Crippen LogP contribution in [0.5, 0.6) is 0 Å². The molecule has 0 fully saturated rings. The third-order valence-corrected chi connectivity index (χ3v) is 4.70. The predicted molar refractivity (Wildman–Crippen MR) is 90.7 cm³/mol. The summed E-state index contributed by atoms with van der Waals surface area (Å²) in [4.78, 5) is 14.5. The molecule has 114 valence electrons. The van der Waals surface area contributed by atoms with Gasteiger partial charge in [0.05, 0.1) is 0 Å². The number of nitrogens with zero attached hydrogens (tertiary/aromatic N) is 1. The van der Waals surface area contributed by atoms with Crippen LogP contribution in [0.3, 0.4) is 0 Å². The second kappa shape index (κ2) is 6.69. The maximum absolute atomic E-state index is 12.4. The minimum Gasteiger partial charge on any atom is -0.350 e. The summed E-state index contributed by atoms with van der Waals surface area (Å²) < 4.78 is 0. The first-order valence-electron chi connectivity index (χ1n) is 7.25. The van der Waals surface area contributed by atoms with Crippen LogP contribution in [0.15, 0.2) is 63.9 Å². The first-order valence-corrected chi connectivity index (χ1v) is 8.07. The monoisotopic (exact) mass is 321 g/mol. The lowest BCUT2D eigenvalue weighted by atomic mass is 9.92. The van der Waals surface area contributed by atoms with E-state index in [-0.39, 0.29) is 11.5 Å². The summed E-state index contributed by atoms with van der Waals surface area (Å²) in [5.74, 6) is -0.385. The van der Waals surface area contributed by atoms with Crippen LogP contribution in [0.25, 0.3) is 5.57 Å². The van der Waals surface area contributed by atoms with Crippen LogP contribution in [0.1, 0.15) is 11.1 Å². The van der Waals surface area contributed by atoms with Crippen LogP contribution >= 0.6 is 11.8 Å². The number of nitrogens with one attached hydrogen (secondary N) is 1. The standard InChI is InChI=1S/C18H15N3OS/c19-9-10-21-18(22)14(11-20)17-12-5-1-3-7-15(12)23-16-8-4-2-6-13(16)17/h1-8H,9-10,19H2,(H,21,22). The summed E-state index contributed by atoms with van der Waals surface area (Å²) in [6.45, 7) is 0.679. The van der Waals surface area contributed by atoms with Crippen LogP contribution in [-0.4, -0.2) is 19.0 Å². The molecule has 1 aliphatic heterocycles. The molecule has 0 aliphatic carbocycles. The Hall–Kier alpha value is -2.55. The van der Waals surface area contributed by atoms with E-state index in [4.69, 9.17) is 5.73 Å². The summed E-state index contributed by atoms with van der Waals surface area (Å²) in [5, 5.41) is 12.3. The Kier molecular flexibility index (Phi) is 4.47. The van der Waals surface area contributed by atoms with Crippen molar-refractivity contribution in [3.05, 3.63) is 65.2 Å². The van der Waals surface area contributed by atoms with E-state index < -0.39 is 0 Å². The molecule has 0 unspecified atom stereocenters. The van der Waals surface area contributed by atoms with Gasteiger partial charge in [-0.2, -0.15) is 5.26 Å². The lowest BCUT2D eigenvalue weighted by molar-refractivity contribution is -0.117. The molecule has 3 N–H and O–H groups in total. The SMILES string of the molecule is N#CC(C(=O)NCCN)=C1c2ccccc2Sc2ccccc21. The smallest absolute Gasteiger partial charge is 0.262 e. The maximum atomic E-state index is 12.4. The van der Waals surface area contributed by atoms with Gasteiger partial charge in [0.2, 0.25) is 0 Å². The van der Waals surface area contributed by atoms with Crippen molar-refractivity contribution in [2.24, 2.45) is 5.73 Å². The Balaban J connectivity index is 2.23. The Morgan fingerprint density at radius 2 is 1.65 bits per heavy atom. The van der Waals surface area contributed by atoms with E-state index in [0.29, 0.717) is 18.7 Å². The number of amides is 1. The zero-order valence-corrected chi connectivity index (χ0v) is 13.2. The van der Waals surface area contributed by atoms with Gasteiger partial charge in [-0.15, -0.1) is 0 Å². The number of fused-ring (bicyclic) bond motifs is 2. The third-order valence-electron chi connectivity index (χ3n) is 3.55. The fourth-order valence-corrected chi connectivity index (χ4v) is 3.64. The Morgan fingerprint density at radius 1 is 1.09 bits per heavy atom. The maximum Gasteiger partial charge on any atom is 0.262 e. The molecule has 3 rings (SSSR count). The second-order valence-electron chi connectivity index (χ2n) is 5.00. The van der Waals surface area contributed by atoms with Crippen molar-refractivity contribution in [1.29, 1.82) is 5.26 Å². The zero-order valence-electron chi connectivity index (χ0n) is 12.4. The summed E-state index contributed by atoms with van der Waals surface area (Å²) >= 11 is 1.65. The molecule has 0 aromatic heterocycles. The molecular weight excluding hydrogens is 306 g/mol. The number of rotatable bonds is 3. The minimum atomic E-state index is -0.385. The number of carbonyl (C=O) groups excluding carboxylic acids is 1. The number of benzene rings is 2. The van der Waals surface area contributed by atoms with Crippen molar-refractivity contribution in [3.63, 3.8) is 0 Å². The molecule has 1 aliphatic rings. The molecule has 0 atom stereocenters. The van der Waals surface area contributed by atoms with Crippen molar-refractivity contribution in [2.75, 3.05) is 13.1 Å². The number of carbonyl (C=O) groups is 1. The highest BCUT2D eigenvalue weighted by Crippen LogP contribution is 2.46. The number of hydrogen-bond acceptors (Lipinski definition) is 4. The van der Waals surface area contributed by atoms with Crippen LogP contribution in [0, 0.1) is 11.3 Å². The van der Waals surface area contributed by atoms with Crippen molar-refractivity contribution < 1.29 is 4.79 Å². The van der Waals surface area contributed by atoms with Gasteiger partial charge in [-0.25, -0.2) is 0 Å². The van der Waals surface area contributed by atoms with E-state index in [9.17, 15) is 10.1 Å². The summed E-state index contributed by atoms with van der Waals surface area (Å²) in [5.41, 5.74) is 8.07. The van der Waals surface area contributed by atoms with Crippen molar-refractivity contribution in [1.82, 2.24) is 5.32 Å². The topological polar surface area (TPSA) is 78.9 Å². The van der Waals surface area contributed by atoms with Gasteiger partial charge >= 0.3 is 0 Å². The van der Waals surface area contributed by atoms with Crippen LogP contribution < -0.4 is 11.1 Å². The van der Waals surface area contributed by atoms with E-state index in [1.165, 1.54) is 0 Å². The quantitative estimate of drug-likeness (QED) is 0.574. The van der Waals surface area contributed by atoms with Gasteiger partial charge in [-0.05, 0) is 23.3 Å². The first kappa shape index (κ1) is 15.3. The Bertz CT molecular complexity index is 789. The second-order valence-corrected chi connectivity index (χ2v) is 6.08. The lowest BCUT2D eigenvalue weighted by Gasteiger charge is -2.22. The molecule has 0 bridgehead atoms. The molecule has 23 heavy (non-hydrogen) atoms. The van der Waals surface area contributed by atoms with Crippen molar-refractivity contribution >= 4 is 23.2 Å². The first-order chi connectivity index (χ1) is 11.3. The average molecular weight is 321 g/mol. The highest BCUT2D eigenvalue weighted by atomic mass is 32.2. The molecule has 0 saturated heterocycles. The Morgan fingerprint density at radius 3 is 2.17 bits per heavy atom. The van der Waals surface area contributed by atoms with E-state index in [1.807, 2.05) is 48.5 Å². The normalized spacial score (nSPS) is 11.9. The van der Waals surface area contributed by atoms with Crippen molar-refractivity contribution in [3.8, 4) is 6.07 Å². The fourth-order valence-electron chi connectivity index (χ4n) is 2.55. The fraction of sp³-hybridized carbons (Fsp3) is 0.111. The highest BCUT2D eigenvalue weighted by molar-refractivity contribution is 7.99. The molecule has 5 heteroatoms. The van der Waals surface area contributed by atoms with Gasteiger partial charge in [-0.3, -0.25) is 4.79 Å². The number of nitrogens with two attached hydrogens (primary N) is 1. The minimum absolute atomic E-state index is 0.124. The van der Waals surface area contributed by atoms with Gasteiger partial charge in [0, 0.05) is 28.5 Å². The molecule has 1 heterocycles.